The number of aromatic nitrogens is 1. The van der Waals surface area contributed by atoms with Crippen molar-refractivity contribution in [2.75, 3.05) is 4.72 Å². The van der Waals surface area contributed by atoms with Crippen LogP contribution in [0.3, 0.4) is 0 Å². The quantitative estimate of drug-likeness (QED) is 0.901. The molecule has 0 amide bonds. The lowest BCUT2D eigenvalue weighted by Crippen LogP contribution is -2.13. The molecule has 0 radical (unpaired) electrons. The lowest BCUT2D eigenvalue weighted by Gasteiger charge is -2.07. The Bertz CT molecular complexity index is 741. The molecule has 0 atom stereocenters. The zero-order valence-corrected chi connectivity index (χ0v) is 11.3. The maximum Gasteiger partial charge on any atom is 0.263 e. The van der Waals surface area contributed by atoms with E-state index in [1.54, 1.807) is 7.05 Å². The van der Waals surface area contributed by atoms with Crippen LogP contribution in [0.1, 0.15) is 5.69 Å². The lowest BCUT2D eigenvalue weighted by molar-refractivity contribution is 0.272. The average molecular weight is 302 g/mol. The van der Waals surface area contributed by atoms with E-state index in [9.17, 15) is 17.2 Å². The second-order valence-electron chi connectivity index (χ2n) is 4.17. The third-order valence-electron chi connectivity index (χ3n) is 2.73. The fourth-order valence-electron chi connectivity index (χ4n) is 1.66. The molecule has 20 heavy (non-hydrogen) atoms. The first-order valence-electron chi connectivity index (χ1n) is 5.57. The Morgan fingerprint density at radius 3 is 2.55 bits per heavy atom. The van der Waals surface area contributed by atoms with Crippen molar-refractivity contribution in [1.29, 1.82) is 0 Å². The molecule has 0 fully saturated rings. The number of sulfonamides is 1. The summed E-state index contributed by atoms with van der Waals surface area (Å²) in [6, 6.07) is 3.80. The molecular weight excluding hydrogens is 290 g/mol. The number of nitrogens with one attached hydrogen (secondary N) is 1. The van der Waals surface area contributed by atoms with E-state index in [2.05, 4.69) is 0 Å². The van der Waals surface area contributed by atoms with Crippen LogP contribution in [0.25, 0.3) is 0 Å². The fourth-order valence-corrected chi connectivity index (χ4v) is 2.82. The van der Waals surface area contributed by atoms with Gasteiger partial charge in [-0.2, -0.15) is 0 Å². The van der Waals surface area contributed by atoms with Crippen molar-refractivity contribution in [3.05, 3.63) is 47.8 Å². The molecule has 0 saturated heterocycles. The van der Waals surface area contributed by atoms with Crippen molar-refractivity contribution in [2.45, 2.75) is 11.5 Å². The maximum atomic E-state index is 13.4. The third-order valence-corrected chi connectivity index (χ3v) is 4.06. The van der Waals surface area contributed by atoms with Gasteiger partial charge >= 0.3 is 0 Å². The number of halogens is 2. The molecule has 1 heterocycles. The monoisotopic (exact) mass is 302 g/mol. The van der Waals surface area contributed by atoms with Crippen LogP contribution in [0.5, 0.6) is 0 Å². The molecule has 0 aliphatic carbocycles. The number of aryl methyl sites for hydroxylation is 1. The maximum absolute atomic E-state index is 13.4. The predicted octanol–water partition coefficient (Wildman–Crippen LogP) is 1.60. The Balaban J connectivity index is 2.35. The summed E-state index contributed by atoms with van der Waals surface area (Å²) in [4.78, 5) is -0.118. The predicted molar refractivity (Wildman–Crippen MR) is 68.5 cm³/mol. The molecule has 2 aromatic rings. The minimum Gasteiger partial charge on any atom is -0.390 e. The van der Waals surface area contributed by atoms with E-state index in [1.807, 2.05) is 4.72 Å². The first-order valence-corrected chi connectivity index (χ1v) is 7.06. The zero-order chi connectivity index (χ0) is 14.9. The summed E-state index contributed by atoms with van der Waals surface area (Å²) in [5, 5.41) is 9.02. The van der Waals surface area contributed by atoms with Crippen molar-refractivity contribution in [3.63, 3.8) is 0 Å². The average Bonchev–Trinajstić information content (AvgIpc) is 2.75. The summed E-state index contributed by atoms with van der Waals surface area (Å²) in [6.45, 7) is -0.322. The van der Waals surface area contributed by atoms with E-state index in [4.69, 9.17) is 5.11 Å². The van der Waals surface area contributed by atoms with Crippen LogP contribution < -0.4 is 4.72 Å². The van der Waals surface area contributed by atoms with Gasteiger partial charge in [-0.25, -0.2) is 17.2 Å². The number of rotatable bonds is 4. The molecule has 0 unspecified atom stereocenters. The molecule has 108 valence electrons. The van der Waals surface area contributed by atoms with Crippen molar-refractivity contribution >= 4 is 15.7 Å². The summed E-state index contributed by atoms with van der Waals surface area (Å²) >= 11 is 0. The highest BCUT2D eigenvalue weighted by atomic mass is 32.2. The van der Waals surface area contributed by atoms with Gasteiger partial charge in [0, 0.05) is 25.0 Å². The Morgan fingerprint density at radius 1 is 1.30 bits per heavy atom. The molecule has 0 aliphatic heterocycles. The van der Waals surface area contributed by atoms with Gasteiger partial charge in [0.15, 0.2) is 0 Å². The standard InChI is InChI=1S/C12H12F2N2O3S/c1-16-6-10(5-9(16)7-17)20(18,19)15-12-3-2-8(13)4-11(12)14/h2-6,15,17H,7H2,1H3. The van der Waals surface area contributed by atoms with Gasteiger partial charge in [-0.1, -0.05) is 0 Å². The van der Waals surface area contributed by atoms with Gasteiger partial charge in [0.25, 0.3) is 10.0 Å². The SMILES string of the molecule is Cn1cc(S(=O)(=O)Nc2ccc(F)cc2F)cc1CO. The molecular formula is C12H12F2N2O3S. The van der Waals surface area contributed by atoms with Crippen LogP contribution in [0.2, 0.25) is 0 Å². The van der Waals surface area contributed by atoms with Gasteiger partial charge in [-0.05, 0) is 18.2 Å². The first kappa shape index (κ1) is 14.5. The van der Waals surface area contributed by atoms with Crippen LogP contribution >= 0.6 is 0 Å². The molecule has 0 bridgehead atoms. The molecule has 0 spiro atoms. The normalized spacial score (nSPS) is 11.6. The van der Waals surface area contributed by atoms with Gasteiger partial charge in [-0.3, -0.25) is 4.72 Å². The van der Waals surface area contributed by atoms with Crippen LogP contribution in [-0.2, 0) is 23.7 Å². The second kappa shape index (κ2) is 5.22. The second-order valence-corrected chi connectivity index (χ2v) is 5.85. The van der Waals surface area contributed by atoms with E-state index in [1.165, 1.54) is 16.8 Å². The summed E-state index contributed by atoms with van der Waals surface area (Å²) in [5.41, 5.74) is 0.0470. The van der Waals surface area contributed by atoms with Crippen LogP contribution in [0.4, 0.5) is 14.5 Å². The van der Waals surface area contributed by atoms with Crippen LogP contribution in [-0.4, -0.2) is 18.1 Å². The van der Waals surface area contributed by atoms with Crippen LogP contribution in [0, 0.1) is 11.6 Å². The Morgan fingerprint density at radius 2 is 2.00 bits per heavy atom. The highest BCUT2D eigenvalue weighted by molar-refractivity contribution is 7.92. The Labute approximate surface area is 114 Å². The summed E-state index contributed by atoms with van der Waals surface area (Å²) in [5.74, 6) is -1.81. The summed E-state index contributed by atoms with van der Waals surface area (Å²) < 4.78 is 53.8. The number of aliphatic hydroxyl groups is 1. The first-order chi connectivity index (χ1) is 9.33. The number of benzene rings is 1. The molecule has 5 nitrogen and oxygen atoms in total. The molecule has 2 N–H and O–H groups in total. The van der Waals surface area contributed by atoms with E-state index < -0.39 is 21.7 Å². The summed E-state index contributed by atoms with van der Waals surface area (Å²) in [6.07, 6.45) is 1.29. The number of hydrogen-bond acceptors (Lipinski definition) is 3. The largest absolute Gasteiger partial charge is 0.390 e. The van der Waals surface area contributed by atoms with Crippen molar-refractivity contribution in [1.82, 2.24) is 4.57 Å². The van der Waals surface area contributed by atoms with Gasteiger partial charge in [0.1, 0.15) is 16.5 Å². The molecule has 1 aromatic carbocycles. The number of anilines is 1. The van der Waals surface area contributed by atoms with Gasteiger partial charge in [0.05, 0.1) is 12.3 Å². The molecule has 0 aliphatic rings. The molecule has 8 heteroatoms. The molecule has 1 aromatic heterocycles. The topological polar surface area (TPSA) is 71.3 Å². The third kappa shape index (κ3) is 2.81. The molecule has 2 rings (SSSR count). The van der Waals surface area contributed by atoms with Crippen LogP contribution in [0.15, 0.2) is 35.4 Å². The fraction of sp³-hybridized carbons (Fsp3) is 0.167. The highest BCUT2D eigenvalue weighted by Crippen LogP contribution is 2.21. The molecule has 0 saturated carbocycles. The van der Waals surface area contributed by atoms with Crippen molar-refractivity contribution in [2.24, 2.45) is 7.05 Å². The van der Waals surface area contributed by atoms with Gasteiger partial charge in [0.2, 0.25) is 0 Å². The lowest BCUT2D eigenvalue weighted by atomic mass is 10.3. The van der Waals surface area contributed by atoms with E-state index in [-0.39, 0.29) is 17.2 Å². The zero-order valence-electron chi connectivity index (χ0n) is 10.5. The smallest absolute Gasteiger partial charge is 0.263 e. The highest BCUT2D eigenvalue weighted by Gasteiger charge is 2.19. The Hall–Kier alpha value is -1.93. The summed E-state index contributed by atoms with van der Waals surface area (Å²) in [7, 11) is -2.43. The van der Waals surface area contributed by atoms with Crippen molar-refractivity contribution < 1.29 is 22.3 Å². The Kier molecular flexibility index (Phi) is 3.78. The van der Waals surface area contributed by atoms with Gasteiger partial charge in [-0.15, -0.1) is 0 Å². The van der Waals surface area contributed by atoms with Crippen molar-refractivity contribution in [3.8, 4) is 0 Å². The van der Waals surface area contributed by atoms with E-state index >= 15 is 0 Å². The minimum atomic E-state index is -4.00. The minimum absolute atomic E-state index is 0.118. The van der Waals surface area contributed by atoms with E-state index in [0.717, 1.165) is 12.1 Å². The number of aliphatic hydroxyl groups excluding tert-OH is 1. The number of nitrogens with zero attached hydrogens (tertiary/aromatic N) is 1. The van der Waals surface area contributed by atoms with Gasteiger partial charge < -0.3 is 9.67 Å². The van der Waals surface area contributed by atoms with E-state index in [0.29, 0.717) is 11.8 Å². The number of hydrogen-bond donors (Lipinski definition) is 2.